The second kappa shape index (κ2) is 6.85. The summed E-state index contributed by atoms with van der Waals surface area (Å²) in [6.07, 6.45) is 4.85. The van der Waals surface area contributed by atoms with Gasteiger partial charge in [0, 0.05) is 32.0 Å². The van der Waals surface area contributed by atoms with E-state index < -0.39 is 10.0 Å². The van der Waals surface area contributed by atoms with E-state index >= 15 is 0 Å². The lowest BCUT2D eigenvalue weighted by molar-refractivity contribution is 0.410. The summed E-state index contributed by atoms with van der Waals surface area (Å²) in [5.41, 5.74) is 0.969. The van der Waals surface area contributed by atoms with E-state index in [4.69, 9.17) is 0 Å². The average molecular weight is 320 g/mol. The molecule has 0 saturated carbocycles. The zero-order chi connectivity index (χ0) is 16.2. The van der Waals surface area contributed by atoms with Crippen LogP contribution in [0.2, 0.25) is 0 Å². The van der Waals surface area contributed by atoms with Gasteiger partial charge in [-0.25, -0.2) is 13.4 Å². The quantitative estimate of drug-likeness (QED) is 0.882. The molecule has 0 saturated heterocycles. The summed E-state index contributed by atoms with van der Waals surface area (Å²) in [5, 5.41) is 3.13. The first-order valence-corrected chi connectivity index (χ1v) is 8.42. The Labute approximate surface area is 131 Å². The Balaban J connectivity index is 2.07. The highest BCUT2D eigenvalue weighted by Crippen LogP contribution is 2.17. The normalized spacial score (nSPS) is 11.9. The van der Waals surface area contributed by atoms with Gasteiger partial charge >= 0.3 is 0 Å². The number of nitrogens with zero attached hydrogens (tertiary/aromatic N) is 3. The number of anilines is 1. The summed E-state index contributed by atoms with van der Waals surface area (Å²) in [5.74, 6) is 0.679. The molecule has 1 aromatic carbocycles. The molecule has 118 valence electrons. The van der Waals surface area contributed by atoms with Gasteiger partial charge in [0.2, 0.25) is 10.0 Å². The van der Waals surface area contributed by atoms with Crippen molar-refractivity contribution in [2.75, 3.05) is 12.4 Å². The van der Waals surface area contributed by atoms with Crippen LogP contribution in [0.15, 0.2) is 47.8 Å². The number of aromatic nitrogens is 2. The Hall–Kier alpha value is -1.99. The SMILES string of the molecule is CC(C)N(C)S(=O)(=O)c1ccc(CNc2cnccn2)cc1. The standard InChI is InChI=1S/C15H20N4O2S/c1-12(2)19(3)22(20,21)14-6-4-13(5-7-14)10-18-15-11-16-8-9-17-15/h4-9,11-12H,10H2,1-3H3,(H,17,18). The Morgan fingerprint density at radius 2 is 1.86 bits per heavy atom. The lowest BCUT2D eigenvalue weighted by Crippen LogP contribution is -2.33. The summed E-state index contributed by atoms with van der Waals surface area (Å²) in [6.45, 7) is 4.24. The van der Waals surface area contributed by atoms with Gasteiger partial charge < -0.3 is 5.32 Å². The highest BCUT2D eigenvalue weighted by Gasteiger charge is 2.22. The van der Waals surface area contributed by atoms with Crippen LogP contribution in [0.25, 0.3) is 0 Å². The van der Waals surface area contributed by atoms with Crippen molar-refractivity contribution >= 4 is 15.8 Å². The number of sulfonamides is 1. The van der Waals surface area contributed by atoms with Gasteiger partial charge in [-0.2, -0.15) is 4.31 Å². The molecular weight excluding hydrogens is 300 g/mol. The molecular formula is C15H20N4O2S. The molecule has 0 unspecified atom stereocenters. The first-order chi connectivity index (χ1) is 10.4. The Morgan fingerprint density at radius 1 is 1.18 bits per heavy atom. The summed E-state index contributed by atoms with van der Waals surface area (Å²) in [6, 6.07) is 6.77. The third-order valence-electron chi connectivity index (χ3n) is 3.36. The fourth-order valence-corrected chi connectivity index (χ4v) is 3.17. The second-order valence-corrected chi connectivity index (χ2v) is 7.20. The van der Waals surface area contributed by atoms with Gasteiger partial charge in [0.05, 0.1) is 11.1 Å². The fraction of sp³-hybridized carbons (Fsp3) is 0.333. The van der Waals surface area contributed by atoms with Crippen LogP contribution < -0.4 is 5.32 Å². The van der Waals surface area contributed by atoms with Crippen molar-refractivity contribution in [2.24, 2.45) is 0 Å². The van der Waals surface area contributed by atoms with E-state index in [2.05, 4.69) is 15.3 Å². The molecule has 0 bridgehead atoms. The third kappa shape index (κ3) is 3.80. The van der Waals surface area contributed by atoms with Crippen molar-refractivity contribution in [1.29, 1.82) is 0 Å². The van der Waals surface area contributed by atoms with Gasteiger partial charge in [0.1, 0.15) is 5.82 Å². The minimum absolute atomic E-state index is 0.0806. The van der Waals surface area contributed by atoms with Gasteiger partial charge in [-0.3, -0.25) is 4.98 Å². The molecule has 6 nitrogen and oxygen atoms in total. The highest BCUT2D eigenvalue weighted by atomic mass is 32.2. The predicted molar refractivity (Wildman–Crippen MR) is 85.9 cm³/mol. The van der Waals surface area contributed by atoms with Crippen LogP contribution in [-0.2, 0) is 16.6 Å². The van der Waals surface area contributed by atoms with Gasteiger partial charge in [0.15, 0.2) is 0 Å². The molecule has 0 fully saturated rings. The Morgan fingerprint density at radius 3 is 2.41 bits per heavy atom. The largest absolute Gasteiger partial charge is 0.365 e. The first kappa shape index (κ1) is 16.4. The van der Waals surface area contributed by atoms with Crippen LogP contribution in [0.4, 0.5) is 5.82 Å². The monoisotopic (exact) mass is 320 g/mol. The van der Waals surface area contributed by atoms with E-state index in [1.807, 2.05) is 13.8 Å². The number of hydrogen-bond acceptors (Lipinski definition) is 5. The first-order valence-electron chi connectivity index (χ1n) is 6.98. The van der Waals surface area contributed by atoms with Gasteiger partial charge in [-0.1, -0.05) is 12.1 Å². The maximum Gasteiger partial charge on any atom is 0.243 e. The van der Waals surface area contributed by atoms with Crippen LogP contribution >= 0.6 is 0 Å². The maximum absolute atomic E-state index is 12.4. The lowest BCUT2D eigenvalue weighted by atomic mass is 10.2. The smallest absolute Gasteiger partial charge is 0.243 e. The van der Waals surface area contributed by atoms with E-state index in [0.29, 0.717) is 17.3 Å². The van der Waals surface area contributed by atoms with Gasteiger partial charge in [-0.15, -0.1) is 0 Å². The average Bonchev–Trinajstić information content (AvgIpc) is 2.53. The second-order valence-electron chi connectivity index (χ2n) is 5.20. The molecule has 0 amide bonds. The van der Waals surface area contributed by atoms with Crippen molar-refractivity contribution in [3.05, 3.63) is 48.4 Å². The minimum Gasteiger partial charge on any atom is -0.365 e. The summed E-state index contributed by atoms with van der Waals surface area (Å²) >= 11 is 0. The molecule has 0 radical (unpaired) electrons. The fourth-order valence-electron chi connectivity index (χ4n) is 1.81. The molecule has 7 heteroatoms. The van der Waals surface area contributed by atoms with Crippen LogP contribution in [0.5, 0.6) is 0 Å². The van der Waals surface area contributed by atoms with Crippen LogP contribution in [-0.4, -0.2) is 35.8 Å². The summed E-state index contributed by atoms with van der Waals surface area (Å²) in [7, 11) is -1.84. The van der Waals surface area contributed by atoms with E-state index in [-0.39, 0.29) is 6.04 Å². The zero-order valence-electron chi connectivity index (χ0n) is 12.9. The van der Waals surface area contributed by atoms with Crippen LogP contribution in [0.3, 0.4) is 0 Å². The molecule has 0 aliphatic carbocycles. The minimum atomic E-state index is -3.43. The molecule has 2 rings (SSSR count). The molecule has 0 aliphatic rings. The van der Waals surface area contributed by atoms with Gasteiger partial charge in [-0.05, 0) is 31.5 Å². The molecule has 1 heterocycles. The summed E-state index contributed by atoms with van der Waals surface area (Å²) < 4.78 is 26.1. The van der Waals surface area contributed by atoms with Crippen LogP contribution in [0.1, 0.15) is 19.4 Å². The third-order valence-corrected chi connectivity index (χ3v) is 5.41. The highest BCUT2D eigenvalue weighted by molar-refractivity contribution is 7.89. The molecule has 1 N–H and O–H groups in total. The topological polar surface area (TPSA) is 75.2 Å². The zero-order valence-corrected chi connectivity index (χ0v) is 13.7. The number of rotatable bonds is 6. The molecule has 0 aliphatic heterocycles. The maximum atomic E-state index is 12.4. The molecule has 22 heavy (non-hydrogen) atoms. The molecule has 0 atom stereocenters. The predicted octanol–water partition coefficient (Wildman–Crippen LogP) is 2.12. The summed E-state index contributed by atoms with van der Waals surface area (Å²) in [4.78, 5) is 8.38. The Kier molecular flexibility index (Phi) is 5.10. The van der Waals surface area contributed by atoms with Crippen molar-refractivity contribution in [2.45, 2.75) is 31.3 Å². The van der Waals surface area contributed by atoms with Crippen molar-refractivity contribution in [3.63, 3.8) is 0 Å². The Bertz CT molecular complexity index is 700. The number of hydrogen-bond donors (Lipinski definition) is 1. The van der Waals surface area contributed by atoms with E-state index in [1.165, 1.54) is 4.31 Å². The van der Waals surface area contributed by atoms with Crippen LogP contribution in [0, 0.1) is 0 Å². The van der Waals surface area contributed by atoms with E-state index in [0.717, 1.165) is 5.56 Å². The number of nitrogens with one attached hydrogen (secondary N) is 1. The van der Waals surface area contributed by atoms with Crippen molar-refractivity contribution in [1.82, 2.24) is 14.3 Å². The van der Waals surface area contributed by atoms with E-state index in [1.54, 1.807) is 49.9 Å². The molecule has 2 aromatic rings. The molecule has 1 aromatic heterocycles. The van der Waals surface area contributed by atoms with Gasteiger partial charge in [0.25, 0.3) is 0 Å². The number of benzene rings is 1. The molecule has 0 spiro atoms. The van der Waals surface area contributed by atoms with E-state index in [9.17, 15) is 8.42 Å². The van der Waals surface area contributed by atoms with Crippen molar-refractivity contribution < 1.29 is 8.42 Å². The van der Waals surface area contributed by atoms with Crippen molar-refractivity contribution in [3.8, 4) is 0 Å². The lowest BCUT2D eigenvalue weighted by Gasteiger charge is -2.21.